The second kappa shape index (κ2) is 21.7. The molecule has 356 valence electrons. The van der Waals surface area contributed by atoms with E-state index in [1.54, 1.807) is 41.3 Å². The zero-order chi connectivity index (χ0) is 48.6. The molecule has 3 aromatic carbocycles. The predicted octanol–water partition coefficient (Wildman–Crippen LogP) is 5.39. The number of aromatic carboxylic acids is 1. The number of aryl methyl sites for hydroxylation is 2. The van der Waals surface area contributed by atoms with Crippen LogP contribution in [0.1, 0.15) is 75.8 Å². The van der Waals surface area contributed by atoms with Gasteiger partial charge in [-0.3, -0.25) is 24.5 Å². The van der Waals surface area contributed by atoms with Crippen molar-refractivity contribution in [3.05, 3.63) is 147 Å². The molecule has 17 heteroatoms. The number of allylic oxidation sites excluding steroid dienone is 4. The first-order valence-corrected chi connectivity index (χ1v) is 23.0. The monoisotopic (exact) mass is 944 g/mol. The first-order valence-electron chi connectivity index (χ1n) is 22.6. The minimum Gasteiger partial charge on any atom is -0.508 e. The van der Waals surface area contributed by atoms with E-state index in [0.717, 1.165) is 27.8 Å². The van der Waals surface area contributed by atoms with Gasteiger partial charge in [0.2, 0.25) is 11.8 Å². The molecule has 0 bridgehead atoms. The summed E-state index contributed by atoms with van der Waals surface area (Å²) in [5.41, 5.74) is 13.2. The lowest BCUT2D eigenvalue weighted by atomic mass is 9.77. The number of hydrogen-bond donors (Lipinski definition) is 9. The van der Waals surface area contributed by atoms with Gasteiger partial charge in [-0.2, -0.15) is 0 Å². The van der Waals surface area contributed by atoms with Gasteiger partial charge in [0, 0.05) is 55.7 Å². The van der Waals surface area contributed by atoms with Crippen LogP contribution in [0, 0.1) is 19.8 Å². The number of aliphatic hydroxyl groups is 1. The van der Waals surface area contributed by atoms with Crippen LogP contribution in [0.25, 0.3) is 5.57 Å². The van der Waals surface area contributed by atoms with Crippen molar-refractivity contribution in [1.29, 1.82) is 0 Å². The van der Waals surface area contributed by atoms with Gasteiger partial charge in [-0.15, -0.1) is 0 Å². The molecule has 5 atom stereocenters. The molecule has 2 aliphatic heterocycles. The molecule has 2 amide bonds. The summed E-state index contributed by atoms with van der Waals surface area (Å²) in [6.07, 6.45) is 10.3. The van der Waals surface area contributed by atoms with Gasteiger partial charge in [-0.1, -0.05) is 36.4 Å². The lowest BCUT2D eigenvalue weighted by Crippen LogP contribution is -2.60. The van der Waals surface area contributed by atoms with Crippen LogP contribution < -0.4 is 27.0 Å². The summed E-state index contributed by atoms with van der Waals surface area (Å²) >= 11 is 5.53. The maximum absolute atomic E-state index is 14.1. The Labute approximate surface area is 399 Å². The third-order valence-corrected chi connectivity index (χ3v) is 12.8. The molecular formula is C51H56N6O10S. The first-order chi connectivity index (χ1) is 32.6. The van der Waals surface area contributed by atoms with E-state index in [4.69, 9.17) is 22.7 Å². The van der Waals surface area contributed by atoms with Crippen LogP contribution >= 0.6 is 12.2 Å². The highest BCUT2D eigenvalue weighted by Gasteiger charge is 2.38. The van der Waals surface area contributed by atoms with E-state index in [2.05, 4.69) is 21.3 Å². The Morgan fingerprint density at radius 1 is 0.926 bits per heavy atom. The van der Waals surface area contributed by atoms with Crippen molar-refractivity contribution in [2.24, 2.45) is 11.7 Å². The lowest BCUT2D eigenvalue weighted by molar-refractivity contribution is -0.140. The number of aliphatic carboxylic acids is 1. The molecule has 3 aromatic rings. The van der Waals surface area contributed by atoms with E-state index in [-0.39, 0.29) is 65.6 Å². The number of carboxylic acids is 2. The van der Waals surface area contributed by atoms with Crippen molar-refractivity contribution in [2.75, 3.05) is 18.4 Å². The molecule has 16 nitrogen and oxygen atoms in total. The molecule has 0 radical (unpaired) electrons. The van der Waals surface area contributed by atoms with Crippen LogP contribution in [0.2, 0.25) is 0 Å². The Bertz CT molecular complexity index is 2650. The molecule has 2 heterocycles. The van der Waals surface area contributed by atoms with Gasteiger partial charge in [0.05, 0.1) is 23.8 Å². The number of carboxylic acid groups (broad SMARTS) is 2. The summed E-state index contributed by atoms with van der Waals surface area (Å²) in [5.74, 6) is -3.17. The van der Waals surface area contributed by atoms with Gasteiger partial charge in [-0.25, -0.2) is 4.79 Å². The first kappa shape index (κ1) is 48.8. The summed E-state index contributed by atoms with van der Waals surface area (Å²) in [4.78, 5) is 66.0. The number of unbranched alkanes of at least 4 members (excludes halogenated alkanes) is 2. The zero-order valence-electron chi connectivity index (χ0n) is 37.8. The van der Waals surface area contributed by atoms with Gasteiger partial charge >= 0.3 is 11.9 Å². The zero-order valence-corrected chi connectivity index (χ0v) is 38.6. The topological polar surface area (TPSA) is 253 Å². The van der Waals surface area contributed by atoms with Crippen molar-refractivity contribution < 1.29 is 49.1 Å². The molecule has 7 rings (SSSR count). The average Bonchev–Trinajstić information content (AvgIpc) is 3.29. The largest absolute Gasteiger partial charge is 0.508 e. The number of carbonyl (C=O) groups excluding carboxylic acids is 3. The van der Waals surface area contributed by atoms with Crippen molar-refractivity contribution in [2.45, 2.75) is 89.7 Å². The fourth-order valence-electron chi connectivity index (χ4n) is 9.16. The van der Waals surface area contributed by atoms with Crippen LogP contribution in [0.3, 0.4) is 0 Å². The highest BCUT2D eigenvalue weighted by molar-refractivity contribution is 7.80. The number of nitrogens with zero attached hydrogens (tertiary/aromatic N) is 1. The highest BCUT2D eigenvalue weighted by Crippen LogP contribution is 2.45. The third-order valence-electron chi connectivity index (χ3n) is 12.5. The van der Waals surface area contributed by atoms with Crippen LogP contribution in [-0.4, -0.2) is 97.4 Å². The van der Waals surface area contributed by atoms with Gasteiger partial charge < -0.3 is 51.7 Å². The minimum atomic E-state index is -1.17. The summed E-state index contributed by atoms with van der Waals surface area (Å²) in [6.45, 7) is 4.78. The second-order valence-electron chi connectivity index (χ2n) is 17.4. The standard InChI is InChI=1S/C51H56N6O10S/c1-28-20-35(60)21-29(2)39(28)26-41(52)49(64)57-27-31-9-5-4-8-30(31)22-45(57)56-42(16-17-46(61)62)48(63)53-18-6-3-7-19-54-51(68)55-32-10-13-36(40(23-32)50(65)66)47-37-14-11-33(58)24-43(37)67-44-25-34(59)12-15-38(44)47/h4-5,8-15,20-21,23-25,37,41-43,45,56,58,60H,3,6-7,16-19,22,26-27,52H2,1-2H3,(H,53,63)(H,61,62)(H,65,66)(H2,54,55,68). The van der Waals surface area contributed by atoms with E-state index in [1.165, 1.54) is 30.4 Å². The minimum absolute atomic E-state index is 0.00268. The van der Waals surface area contributed by atoms with Gasteiger partial charge in [0.15, 0.2) is 10.9 Å². The number of fused-ring (bicyclic) bond motifs is 3. The summed E-state index contributed by atoms with van der Waals surface area (Å²) in [5, 5.41) is 52.8. The molecule has 0 saturated carbocycles. The number of thiocarbonyl (C=S) groups is 1. The fourth-order valence-corrected chi connectivity index (χ4v) is 9.38. The van der Waals surface area contributed by atoms with Crippen LogP contribution in [0.15, 0.2) is 108 Å². The van der Waals surface area contributed by atoms with Gasteiger partial charge in [0.25, 0.3) is 0 Å². The van der Waals surface area contributed by atoms with Crippen molar-refractivity contribution in [1.82, 2.24) is 20.9 Å². The molecule has 68 heavy (non-hydrogen) atoms. The normalized spacial score (nSPS) is 19.0. The number of ketones is 1. The van der Waals surface area contributed by atoms with E-state index >= 15 is 0 Å². The SMILES string of the molecule is Cc1cc(O)cc(C)c1CC(N)C(=O)N1Cc2ccccc2CC1NC(CCC(=O)O)C(=O)NCCCCCNC(=S)Nc1ccc(C2=C3C=CC(=O)C=C3OC3C=C(O)C=CC23)c(C(=O)O)c1. The second-order valence-corrected chi connectivity index (χ2v) is 17.8. The number of benzene rings is 3. The maximum atomic E-state index is 14.1. The van der Waals surface area contributed by atoms with Crippen LogP contribution in [-0.2, 0) is 43.3 Å². The Balaban J connectivity index is 0.917. The van der Waals surface area contributed by atoms with Crippen LogP contribution in [0.4, 0.5) is 5.69 Å². The summed E-state index contributed by atoms with van der Waals surface area (Å²) < 4.78 is 6.04. The Morgan fingerprint density at radius 2 is 1.65 bits per heavy atom. The van der Waals surface area contributed by atoms with Crippen LogP contribution in [0.5, 0.6) is 5.75 Å². The van der Waals surface area contributed by atoms with Crippen molar-refractivity contribution in [3.63, 3.8) is 0 Å². The molecule has 2 aliphatic carbocycles. The van der Waals surface area contributed by atoms with Gasteiger partial charge in [0.1, 0.15) is 23.4 Å². The molecule has 0 saturated heterocycles. The number of phenolic OH excluding ortho intramolecular Hbond substituents is 1. The predicted molar refractivity (Wildman–Crippen MR) is 259 cm³/mol. The highest BCUT2D eigenvalue weighted by atomic mass is 32.1. The van der Waals surface area contributed by atoms with E-state index in [1.807, 2.05) is 38.1 Å². The summed E-state index contributed by atoms with van der Waals surface area (Å²) in [6, 6.07) is 14.1. The van der Waals surface area contributed by atoms with Gasteiger partial charge in [-0.05, 0) is 146 Å². The fraction of sp³-hybridized carbons (Fsp3) is 0.333. The quantitative estimate of drug-likeness (QED) is 0.0573. The van der Waals surface area contributed by atoms with Crippen molar-refractivity contribution in [3.8, 4) is 5.75 Å². The number of ether oxygens (including phenoxy) is 1. The number of rotatable bonds is 18. The Kier molecular flexibility index (Phi) is 15.6. The number of aliphatic hydroxyl groups excluding tert-OH is 1. The number of anilines is 1. The Morgan fingerprint density at radius 3 is 2.37 bits per heavy atom. The number of carbonyl (C=O) groups is 5. The average molecular weight is 945 g/mol. The molecule has 0 spiro atoms. The molecule has 0 aromatic heterocycles. The van der Waals surface area contributed by atoms with Crippen molar-refractivity contribution >= 4 is 58.1 Å². The van der Waals surface area contributed by atoms with E-state index in [9.17, 15) is 44.4 Å². The Hall–Kier alpha value is -7.08. The van der Waals surface area contributed by atoms with E-state index in [0.29, 0.717) is 66.9 Å². The maximum Gasteiger partial charge on any atom is 0.336 e. The number of amides is 2. The number of aromatic hydroxyl groups is 1. The number of nitrogens with two attached hydrogens (primary N) is 1. The molecule has 5 unspecified atom stereocenters. The number of phenols is 1. The molecule has 4 aliphatic rings. The van der Waals surface area contributed by atoms with E-state index < -0.39 is 42.2 Å². The number of hydrogen-bond acceptors (Lipinski definition) is 11. The lowest BCUT2D eigenvalue weighted by Gasteiger charge is -2.40. The number of nitrogens with one attached hydrogen (secondary N) is 4. The molecule has 0 fully saturated rings. The smallest absolute Gasteiger partial charge is 0.336 e. The molecule has 10 N–H and O–H groups in total. The molecular weight excluding hydrogens is 889 g/mol. The summed E-state index contributed by atoms with van der Waals surface area (Å²) in [7, 11) is 0. The third kappa shape index (κ3) is 11.7.